The van der Waals surface area contributed by atoms with E-state index in [0.717, 1.165) is 16.9 Å². The van der Waals surface area contributed by atoms with Crippen molar-refractivity contribution in [3.8, 4) is 0 Å². The SMILES string of the molecule is Cc1ccc(Cn2c(C(C)Cl)nc3cc(Br)c(F)cc32)s1. The summed E-state index contributed by atoms with van der Waals surface area (Å²) in [5.41, 5.74) is 1.52. The van der Waals surface area contributed by atoms with Crippen LogP contribution in [-0.4, -0.2) is 9.55 Å². The minimum absolute atomic E-state index is 0.236. The molecule has 1 atom stereocenters. The fraction of sp³-hybridized carbons (Fsp3) is 0.267. The monoisotopic (exact) mass is 386 g/mol. The molecule has 1 unspecified atom stereocenters. The second-order valence-electron chi connectivity index (χ2n) is 4.94. The molecule has 1 aromatic carbocycles. The zero-order chi connectivity index (χ0) is 15.1. The average Bonchev–Trinajstić information content (AvgIpc) is 2.96. The van der Waals surface area contributed by atoms with E-state index in [1.807, 2.05) is 11.5 Å². The standard InChI is InChI=1S/C15H13BrClFN2S/c1-8-3-4-10(21-8)7-20-14-6-12(18)11(16)5-13(14)19-15(20)9(2)17/h3-6,9H,7H2,1-2H3. The number of fused-ring (bicyclic) bond motifs is 1. The van der Waals surface area contributed by atoms with E-state index in [1.54, 1.807) is 17.4 Å². The first-order chi connectivity index (χ1) is 9.95. The number of hydrogen-bond acceptors (Lipinski definition) is 2. The first-order valence-corrected chi connectivity index (χ1v) is 8.55. The summed E-state index contributed by atoms with van der Waals surface area (Å²) >= 11 is 11.2. The molecule has 0 bridgehead atoms. The van der Waals surface area contributed by atoms with Crippen LogP contribution in [0.5, 0.6) is 0 Å². The van der Waals surface area contributed by atoms with Gasteiger partial charge in [0.15, 0.2) is 0 Å². The molecule has 0 fully saturated rings. The summed E-state index contributed by atoms with van der Waals surface area (Å²) in [7, 11) is 0. The fourth-order valence-corrected chi connectivity index (χ4v) is 3.71. The summed E-state index contributed by atoms with van der Waals surface area (Å²) in [5.74, 6) is 0.468. The first kappa shape index (κ1) is 15.0. The smallest absolute Gasteiger partial charge is 0.139 e. The quantitative estimate of drug-likeness (QED) is 0.530. The van der Waals surface area contributed by atoms with Crippen molar-refractivity contribution < 1.29 is 4.39 Å². The molecule has 6 heteroatoms. The highest BCUT2D eigenvalue weighted by atomic mass is 79.9. The van der Waals surface area contributed by atoms with Crippen LogP contribution in [0.2, 0.25) is 0 Å². The highest BCUT2D eigenvalue weighted by Crippen LogP contribution is 2.30. The van der Waals surface area contributed by atoms with Crippen molar-refractivity contribution >= 4 is 49.9 Å². The zero-order valence-electron chi connectivity index (χ0n) is 11.5. The molecule has 0 aliphatic rings. The lowest BCUT2D eigenvalue weighted by molar-refractivity contribution is 0.621. The topological polar surface area (TPSA) is 17.8 Å². The van der Waals surface area contributed by atoms with Gasteiger partial charge in [-0.2, -0.15) is 0 Å². The predicted molar refractivity (Wildman–Crippen MR) is 89.8 cm³/mol. The summed E-state index contributed by atoms with van der Waals surface area (Å²) in [6.07, 6.45) is 0. The van der Waals surface area contributed by atoms with Gasteiger partial charge < -0.3 is 4.57 Å². The highest BCUT2D eigenvalue weighted by Gasteiger charge is 2.17. The van der Waals surface area contributed by atoms with Crippen LogP contribution in [0.25, 0.3) is 11.0 Å². The lowest BCUT2D eigenvalue weighted by Gasteiger charge is -2.09. The molecule has 0 saturated carbocycles. The Morgan fingerprint density at radius 1 is 1.43 bits per heavy atom. The number of benzene rings is 1. The van der Waals surface area contributed by atoms with E-state index < -0.39 is 0 Å². The maximum absolute atomic E-state index is 13.9. The molecule has 0 aliphatic heterocycles. The Morgan fingerprint density at radius 3 is 2.81 bits per heavy atom. The molecule has 2 heterocycles. The summed E-state index contributed by atoms with van der Waals surface area (Å²) in [6.45, 7) is 4.61. The van der Waals surface area contributed by atoms with Crippen molar-refractivity contribution in [1.82, 2.24) is 9.55 Å². The van der Waals surface area contributed by atoms with Gasteiger partial charge in [0.25, 0.3) is 0 Å². The molecule has 2 aromatic heterocycles. The lowest BCUT2D eigenvalue weighted by Crippen LogP contribution is -2.04. The van der Waals surface area contributed by atoms with Crippen LogP contribution in [0, 0.1) is 12.7 Å². The summed E-state index contributed by atoms with van der Waals surface area (Å²) in [5, 5.41) is -0.236. The van der Waals surface area contributed by atoms with Crippen molar-refractivity contribution in [2.45, 2.75) is 25.8 Å². The molecule has 0 amide bonds. The number of alkyl halides is 1. The molecule has 2 nitrogen and oxygen atoms in total. The van der Waals surface area contributed by atoms with Gasteiger partial charge in [-0.05, 0) is 48.0 Å². The number of nitrogens with zero attached hydrogens (tertiary/aromatic N) is 2. The summed E-state index contributed by atoms with van der Waals surface area (Å²) in [6, 6.07) is 7.38. The van der Waals surface area contributed by atoms with Gasteiger partial charge in [-0.1, -0.05) is 0 Å². The fourth-order valence-electron chi connectivity index (χ4n) is 2.33. The molecule has 0 saturated heterocycles. The van der Waals surface area contributed by atoms with E-state index in [-0.39, 0.29) is 11.2 Å². The van der Waals surface area contributed by atoms with Crippen LogP contribution in [0.15, 0.2) is 28.7 Å². The van der Waals surface area contributed by atoms with Crippen molar-refractivity contribution in [2.75, 3.05) is 0 Å². The average molecular weight is 388 g/mol. The molecule has 3 rings (SSSR count). The predicted octanol–water partition coefficient (Wildman–Crippen LogP) is 5.66. The third kappa shape index (κ3) is 2.87. The number of halogens is 3. The van der Waals surface area contributed by atoms with Crippen LogP contribution < -0.4 is 0 Å². The number of thiophene rings is 1. The normalized spacial score (nSPS) is 13.0. The van der Waals surface area contributed by atoms with Gasteiger partial charge in [0, 0.05) is 15.8 Å². The van der Waals surface area contributed by atoms with Crippen molar-refractivity contribution in [3.63, 3.8) is 0 Å². The van der Waals surface area contributed by atoms with Gasteiger partial charge in [0.1, 0.15) is 11.6 Å². The molecule has 110 valence electrons. The second-order valence-corrected chi connectivity index (χ2v) is 7.82. The Labute approximate surface area is 139 Å². The van der Waals surface area contributed by atoms with Crippen LogP contribution in [0.1, 0.15) is 27.9 Å². The summed E-state index contributed by atoms with van der Waals surface area (Å²) < 4.78 is 16.3. The van der Waals surface area contributed by atoms with Gasteiger partial charge in [-0.25, -0.2) is 9.37 Å². The molecule has 0 spiro atoms. The molecule has 3 aromatic rings. The number of hydrogen-bond donors (Lipinski definition) is 0. The van der Waals surface area contributed by atoms with Crippen LogP contribution in [0.3, 0.4) is 0 Å². The zero-order valence-corrected chi connectivity index (χ0v) is 14.7. The van der Waals surface area contributed by atoms with Gasteiger partial charge >= 0.3 is 0 Å². The number of imidazole rings is 1. The van der Waals surface area contributed by atoms with E-state index >= 15 is 0 Å². The molecule has 0 aliphatic carbocycles. The Bertz CT molecular complexity index is 809. The summed E-state index contributed by atoms with van der Waals surface area (Å²) in [4.78, 5) is 7.01. The highest BCUT2D eigenvalue weighted by molar-refractivity contribution is 9.10. The van der Waals surface area contributed by atoms with Gasteiger partial charge in [-0.15, -0.1) is 22.9 Å². The minimum Gasteiger partial charge on any atom is -0.321 e. The van der Waals surface area contributed by atoms with Crippen molar-refractivity contribution in [3.05, 3.63) is 50.1 Å². The van der Waals surface area contributed by atoms with E-state index in [4.69, 9.17) is 11.6 Å². The Kier molecular flexibility index (Phi) is 4.08. The number of aryl methyl sites for hydroxylation is 1. The van der Waals surface area contributed by atoms with Gasteiger partial charge in [0.2, 0.25) is 0 Å². The Hall–Kier alpha value is -0.910. The molecule has 0 radical (unpaired) electrons. The first-order valence-electron chi connectivity index (χ1n) is 6.50. The van der Waals surface area contributed by atoms with E-state index in [0.29, 0.717) is 11.0 Å². The van der Waals surface area contributed by atoms with E-state index in [9.17, 15) is 4.39 Å². The van der Waals surface area contributed by atoms with Crippen LogP contribution in [-0.2, 0) is 6.54 Å². The van der Waals surface area contributed by atoms with Crippen LogP contribution >= 0.6 is 38.9 Å². The van der Waals surface area contributed by atoms with Gasteiger partial charge in [-0.3, -0.25) is 0 Å². The third-order valence-electron chi connectivity index (χ3n) is 3.29. The Balaban J connectivity index is 2.17. The minimum atomic E-state index is -0.292. The van der Waals surface area contributed by atoms with Crippen molar-refractivity contribution in [2.24, 2.45) is 0 Å². The lowest BCUT2D eigenvalue weighted by atomic mass is 10.3. The maximum Gasteiger partial charge on any atom is 0.139 e. The largest absolute Gasteiger partial charge is 0.321 e. The molecule has 21 heavy (non-hydrogen) atoms. The molecular weight excluding hydrogens is 375 g/mol. The molecular formula is C15H13BrClFN2S. The third-order valence-corrected chi connectivity index (χ3v) is 5.07. The van der Waals surface area contributed by atoms with E-state index in [2.05, 4.69) is 40.0 Å². The number of rotatable bonds is 3. The van der Waals surface area contributed by atoms with Crippen LogP contribution in [0.4, 0.5) is 4.39 Å². The van der Waals surface area contributed by atoms with E-state index in [1.165, 1.54) is 15.8 Å². The van der Waals surface area contributed by atoms with Crippen molar-refractivity contribution in [1.29, 1.82) is 0 Å². The Morgan fingerprint density at radius 2 is 2.19 bits per heavy atom. The maximum atomic E-state index is 13.9. The van der Waals surface area contributed by atoms with Gasteiger partial charge in [0.05, 0.1) is 27.4 Å². The number of aromatic nitrogens is 2. The molecule has 0 N–H and O–H groups in total. The second kappa shape index (κ2) is 5.71.